The van der Waals surface area contributed by atoms with Crippen molar-refractivity contribution in [2.75, 3.05) is 20.3 Å². The molecule has 52 heavy (non-hydrogen) atoms. The number of benzene rings is 1. The number of aliphatic hydroxyl groups is 2. The van der Waals surface area contributed by atoms with Crippen LogP contribution in [0.2, 0.25) is 0 Å². The number of fused-ring (bicyclic) bond motifs is 2. The van der Waals surface area contributed by atoms with Crippen molar-refractivity contribution in [3.8, 4) is 0 Å². The van der Waals surface area contributed by atoms with Gasteiger partial charge in [-0.3, -0.25) is 9.59 Å². The third-order valence-electron chi connectivity index (χ3n) is 11.7. The van der Waals surface area contributed by atoms with Crippen molar-refractivity contribution < 1.29 is 67.8 Å². The number of nitrogens with one attached hydrogen (secondary N) is 1. The lowest BCUT2D eigenvalue weighted by Crippen LogP contribution is -2.79. The number of allylic oxidation sites excluding steroid dienone is 3. The molecule has 0 radical (unpaired) electrons. The minimum Gasteiger partial charge on any atom is -0.480 e. The highest BCUT2D eigenvalue weighted by molar-refractivity contribution is 5.97. The summed E-state index contributed by atoms with van der Waals surface area (Å²) in [6.45, 7) is 5.73. The molecule has 15 heteroatoms. The Morgan fingerprint density at radius 3 is 2.42 bits per heavy atom. The number of rotatable bonds is 10. The molecule has 4 fully saturated rings. The number of Topliss-reactive ketones (excluding diaryl/α,β-unsaturated/α-hetero) is 1. The van der Waals surface area contributed by atoms with Crippen LogP contribution in [0.3, 0.4) is 0 Å². The largest absolute Gasteiger partial charge is 0.480 e. The van der Waals surface area contributed by atoms with Crippen LogP contribution in [-0.4, -0.2) is 107 Å². The van der Waals surface area contributed by atoms with Gasteiger partial charge in [-0.1, -0.05) is 42.8 Å². The summed E-state index contributed by atoms with van der Waals surface area (Å²) in [7, 11) is 1.07. The van der Waals surface area contributed by atoms with Gasteiger partial charge in [-0.05, 0) is 49.7 Å². The van der Waals surface area contributed by atoms with E-state index in [0.717, 1.165) is 13.2 Å². The van der Waals surface area contributed by atoms with Crippen molar-refractivity contribution in [1.82, 2.24) is 5.32 Å². The van der Waals surface area contributed by atoms with Gasteiger partial charge in [-0.15, -0.1) is 0 Å². The third-order valence-corrected chi connectivity index (χ3v) is 11.7. The molecule has 6 rings (SSSR count). The van der Waals surface area contributed by atoms with E-state index in [9.17, 15) is 44.1 Å². The molecule has 3 unspecified atom stereocenters. The number of hydrogen-bond acceptors (Lipinski definition) is 13. The lowest BCUT2D eigenvalue weighted by Gasteiger charge is -2.67. The minimum absolute atomic E-state index is 0.0252. The van der Waals surface area contributed by atoms with Crippen LogP contribution in [0.15, 0.2) is 53.3 Å². The first-order chi connectivity index (χ1) is 24.5. The van der Waals surface area contributed by atoms with E-state index >= 15 is 0 Å². The maximum absolute atomic E-state index is 13.9. The van der Waals surface area contributed by atoms with E-state index in [1.807, 2.05) is 0 Å². The highest BCUT2D eigenvalue weighted by atomic mass is 16.6. The summed E-state index contributed by atoms with van der Waals surface area (Å²) in [6, 6.07) is 7.50. The van der Waals surface area contributed by atoms with Crippen molar-refractivity contribution in [2.24, 2.45) is 28.6 Å². The number of carboxylic acids is 1. The van der Waals surface area contributed by atoms with E-state index in [0.29, 0.717) is 16.7 Å². The van der Waals surface area contributed by atoms with Gasteiger partial charge < -0.3 is 44.3 Å². The maximum Gasteiger partial charge on any atom is 0.348 e. The number of amides is 1. The molecule has 11 atom stereocenters. The number of esters is 3. The van der Waals surface area contributed by atoms with Crippen LogP contribution in [0.25, 0.3) is 0 Å². The van der Waals surface area contributed by atoms with E-state index in [2.05, 4.69) is 5.32 Å². The number of carbonyl (C=O) groups is 6. The zero-order valence-electron chi connectivity index (χ0n) is 29.5. The van der Waals surface area contributed by atoms with E-state index in [1.54, 1.807) is 58.0 Å². The van der Waals surface area contributed by atoms with Crippen LogP contribution in [-0.2, 0) is 58.9 Å². The Balaban J connectivity index is 1.33. The molecule has 3 aliphatic carbocycles. The standard InChI is InChI=1S/C37H43NO14/c1-17(2)11-25(41)52-28-30-36-16-50-37(30,34(47)48-5)31(43)26(42)29(36)35(4)14-22(39)27(18(3)20(35)13-23(36)51-33(28)46)49-15-24(40)38-21(32(44)45)12-19-9-7-6-8-10-19/h6-11,20-21,23,26,28-31,42-43H,12-16H2,1-5H3,(H,38,40)(H,44,45)/t20-,21?,23+,26+,28+,29?,30+,31-,35-,36+,37?/m0/s1. The fraction of sp³-hybridized carbons (Fsp3) is 0.568. The minimum atomic E-state index is -2.30. The van der Waals surface area contributed by atoms with Crippen LogP contribution in [0.5, 0.6) is 0 Å². The zero-order chi connectivity index (χ0) is 37.9. The molecule has 4 N–H and O–H groups in total. The number of hydrogen-bond donors (Lipinski definition) is 4. The number of methoxy groups -OCH3 is 1. The molecular weight excluding hydrogens is 682 g/mol. The molecule has 15 nitrogen and oxygen atoms in total. The Labute approximate surface area is 299 Å². The Hall–Kier alpha value is -4.60. The van der Waals surface area contributed by atoms with Crippen LogP contribution in [0.1, 0.15) is 46.1 Å². The first kappa shape index (κ1) is 37.2. The summed E-state index contributed by atoms with van der Waals surface area (Å²) < 4.78 is 28.6. The summed E-state index contributed by atoms with van der Waals surface area (Å²) in [5, 5.41) is 35.9. The number of aliphatic hydroxyl groups excluding tert-OH is 2. The van der Waals surface area contributed by atoms with Gasteiger partial charge in [-0.25, -0.2) is 19.2 Å². The molecule has 2 heterocycles. The number of carboxylic acid groups (broad SMARTS) is 1. The van der Waals surface area contributed by atoms with E-state index in [-0.39, 0.29) is 31.6 Å². The normalized spacial score (nSPS) is 36.3. The molecule has 2 aliphatic heterocycles. The molecule has 1 aromatic carbocycles. The molecule has 280 valence electrons. The van der Waals surface area contributed by atoms with Crippen molar-refractivity contribution in [3.05, 3.63) is 58.9 Å². The molecule has 2 bridgehead atoms. The van der Waals surface area contributed by atoms with Crippen molar-refractivity contribution in [2.45, 2.75) is 83.0 Å². The number of aliphatic carboxylic acids is 1. The molecule has 2 saturated carbocycles. The van der Waals surface area contributed by atoms with Gasteiger partial charge in [0.1, 0.15) is 18.2 Å². The molecule has 1 spiro atoms. The maximum atomic E-state index is 13.9. The Morgan fingerprint density at radius 2 is 1.79 bits per heavy atom. The fourth-order valence-electron chi connectivity index (χ4n) is 9.86. The van der Waals surface area contributed by atoms with Gasteiger partial charge >= 0.3 is 23.9 Å². The zero-order valence-corrected chi connectivity index (χ0v) is 29.5. The first-order valence-corrected chi connectivity index (χ1v) is 17.1. The van der Waals surface area contributed by atoms with Gasteiger partial charge in [0, 0.05) is 30.3 Å². The highest BCUT2D eigenvalue weighted by Gasteiger charge is 2.85. The smallest absolute Gasteiger partial charge is 0.348 e. The average Bonchev–Trinajstić information content (AvgIpc) is 3.38. The quantitative estimate of drug-likeness (QED) is 0.149. The molecule has 2 saturated heterocycles. The predicted molar refractivity (Wildman–Crippen MR) is 176 cm³/mol. The van der Waals surface area contributed by atoms with E-state index in [1.165, 1.54) is 0 Å². The number of carbonyl (C=O) groups excluding carboxylic acids is 5. The summed E-state index contributed by atoms with van der Waals surface area (Å²) >= 11 is 0. The van der Waals surface area contributed by atoms with Crippen molar-refractivity contribution >= 4 is 35.6 Å². The Kier molecular flexibility index (Phi) is 9.60. The molecule has 1 aromatic rings. The Morgan fingerprint density at radius 1 is 1.10 bits per heavy atom. The van der Waals surface area contributed by atoms with Gasteiger partial charge in [0.05, 0.1) is 25.7 Å². The highest BCUT2D eigenvalue weighted by Crippen LogP contribution is 2.72. The topological polar surface area (TPSA) is 221 Å². The average molecular weight is 726 g/mol. The van der Waals surface area contributed by atoms with Crippen LogP contribution < -0.4 is 5.32 Å². The second kappa shape index (κ2) is 13.4. The molecule has 1 amide bonds. The van der Waals surface area contributed by atoms with E-state index < -0.39 is 107 Å². The van der Waals surface area contributed by atoms with E-state index in [4.69, 9.17) is 23.7 Å². The molecule has 0 aromatic heterocycles. The van der Waals surface area contributed by atoms with Gasteiger partial charge in [0.25, 0.3) is 5.91 Å². The summed E-state index contributed by atoms with van der Waals surface area (Å²) in [6.07, 6.45) is -5.40. The molecule has 5 aliphatic rings. The van der Waals surface area contributed by atoms with Gasteiger partial charge in [0.2, 0.25) is 11.7 Å². The van der Waals surface area contributed by atoms with Crippen LogP contribution >= 0.6 is 0 Å². The first-order valence-electron chi connectivity index (χ1n) is 17.1. The second-order valence-electron chi connectivity index (χ2n) is 14.9. The number of ether oxygens (including phenoxy) is 5. The third kappa shape index (κ3) is 5.60. The van der Waals surface area contributed by atoms with Crippen molar-refractivity contribution in [1.29, 1.82) is 0 Å². The molecular formula is C37H43NO14. The monoisotopic (exact) mass is 725 g/mol. The lowest BCUT2D eigenvalue weighted by atomic mass is 9.38. The van der Waals surface area contributed by atoms with Crippen LogP contribution in [0, 0.1) is 28.6 Å². The van der Waals surface area contributed by atoms with Gasteiger partial charge in [-0.2, -0.15) is 0 Å². The fourth-order valence-corrected chi connectivity index (χ4v) is 9.86. The predicted octanol–water partition coefficient (Wildman–Crippen LogP) is 0.788. The number of ketones is 1. The van der Waals surface area contributed by atoms with Crippen LogP contribution in [0.4, 0.5) is 0 Å². The summed E-state index contributed by atoms with van der Waals surface area (Å²) in [5.41, 5.74) is -3.20. The Bertz CT molecular complexity index is 1750. The van der Waals surface area contributed by atoms with Crippen molar-refractivity contribution in [3.63, 3.8) is 0 Å². The summed E-state index contributed by atoms with van der Waals surface area (Å²) in [5.74, 6) is -8.58. The summed E-state index contributed by atoms with van der Waals surface area (Å²) in [4.78, 5) is 79.0. The van der Waals surface area contributed by atoms with Gasteiger partial charge in [0.15, 0.2) is 18.1 Å². The lowest BCUT2D eigenvalue weighted by molar-refractivity contribution is -0.290. The SMILES string of the molecule is COC(=O)C12OC[C@]34C([C@@H](O)[C@@H]1O)[C@@]1(C)CC(=O)C(OCC(=O)NC(Cc5ccccc5)C(=O)O)=C(C)[C@@H]1C[C@H]3OC(=O)[C@H](OC(=O)C=C(C)C)[C@@H]24. The second-order valence-corrected chi connectivity index (χ2v) is 14.9.